The lowest BCUT2D eigenvalue weighted by Crippen LogP contribution is -2.37. The van der Waals surface area contributed by atoms with E-state index in [9.17, 15) is 30.8 Å². The van der Waals surface area contributed by atoms with Crippen molar-refractivity contribution < 1.29 is 35.2 Å². The number of hydrogen-bond acceptors (Lipinski definition) is 8. The Kier molecular flexibility index (Phi) is 9.04. The lowest BCUT2D eigenvalue weighted by Gasteiger charge is -2.25. The number of anilines is 2. The zero-order valence-corrected chi connectivity index (χ0v) is 28.5. The summed E-state index contributed by atoms with van der Waals surface area (Å²) in [6.07, 6.45) is -0.873. The third kappa shape index (κ3) is 6.60. The number of rotatable bonds is 8. The molecule has 0 saturated heterocycles. The van der Waals surface area contributed by atoms with Gasteiger partial charge < -0.3 is 9.15 Å². The van der Waals surface area contributed by atoms with Crippen molar-refractivity contribution in [3.05, 3.63) is 149 Å². The molecule has 0 unspecified atom stereocenters. The van der Waals surface area contributed by atoms with E-state index in [4.69, 9.17) is 9.15 Å². The van der Waals surface area contributed by atoms with Crippen LogP contribution in [0, 0.1) is 19.7 Å². The van der Waals surface area contributed by atoms with Crippen LogP contribution in [0.1, 0.15) is 11.1 Å². The molecule has 5 aromatic carbocycles. The van der Waals surface area contributed by atoms with E-state index in [0.29, 0.717) is 9.27 Å². The molecule has 0 aliphatic rings. The van der Waals surface area contributed by atoms with Crippen LogP contribution in [0.2, 0.25) is 0 Å². The third-order valence-electron chi connectivity index (χ3n) is 7.91. The summed E-state index contributed by atoms with van der Waals surface area (Å²) in [7, 11) is -8.24. The first-order valence-electron chi connectivity index (χ1n) is 15.1. The van der Waals surface area contributed by atoms with Crippen molar-refractivity contribution in [1.82, 2.24) is 0 Å². The number of aryl methyl sites for hydroxylation is 2. The summed E-state index contributed by atoms with van der Waals surface area (Å²) < 4.78 is 81.8. The highest BCUT2D eigenvalue weighted by Crippen LogP contribution is 2.34. The van der Waals surface area contributed by atoms with Gasteiger partial charge in [-0.25, -0.2) is 30.8 Å². The molecule has 0 radical (unpaired) electrons. The van der Waals surface area contributed by atoms with Crippen LogP contribution in [0.15, 0.2) is 140 Å². The largest absolute Gasteiger partial charge is 0.422 e. The van der Waals surface area contributed by atoms with Crippen LogP contribution in [0.25, 0.3) is 22.1 Å². The van der Waals surface area contributed by atoms with E-state index in [1.54, 1.807) is 31.2 Å². The van der Waals surface area contributed by atoms with Gasteiger partial charge in [0.15, 0.2) is 0 Å². The second-order valence-corrected chi connectivity index (χ2v) is 15.2. The van der Waals surface area contributed by atoms with Crippen LogP contribution in [-0.4, -0.2) is 30.0 Å². The van der Waals surface area contributed by atoms with Gasteiger partial charge >= 0.3 is 11.7 Å². The highest BCUT2D eigenvalue weighted by molar-refractivity contribution is 8.10. The third-order valence-corrected chi connectivity index (χ3v) is 12.1. The summed E-state index contributed by atoms with van der Waals surface area (Å²) in [6, 6.07) is 28.3. The number of fused-ring (bicyclic) bond motifs is 1. The number of amides is 1. The fourth-order valence-corrected chi connectivity index (χ4v) is 8.92. The second-order valence-electron chi connectivity index (χ2n) is 11.4. The molecule has 0 aliphatic heterocycles. The number of nitrogens with zero attached hydrogens (tertiary/aromatic N) is 2. The summed E-state index contributed by atoms with van der Waals surface area (Å²) >= 11 is 0. The van der Waals surface area contributed by atoms with Crippen LogP contribution in [0.3, 0.4) is 0 Å². The van der Waals surface area contributed by atoms with Crippen LogP contribution in [0.5, 0.6) is 5.75 Å². The number of halogens is 1. The minimum Gasteiger partial charge on any atom is -0.422 e. The van der Waals surface area contributed by atoms with E-state index in [1.807, 2.05) is 19.1 Å². The van der Waals surface area contributed by atoms with Crippen molar-refractivity contribution >= 4 is 48.5 Å². The quantitative estimate of drug-likeness (QED) is 0.149. The van der Waals surface area contributed by atoms with Crippen molar-refractivity contribution in [1.29, 1.82) is 0 Å². The number of sulfonamides is 2. The second kappa shape index (κ2) is 13.3. The molecule has 0 fully saturated rings. The zero-order valence-electron chi connectivity index (χ0n) is 26.9. The number of benzene rings is 5. The first-order valence-corrected chi connectivity index (χ1v) is 18.0. The van der Waals surface area contributed by atoms with Gasteiger partial charge in [0, 0.05) is 24.2 Å². The van der Waals surface area contributed by atoms with E-state index in [2.05, 4.69) is 0 Å². The highest BCUT2D eigenvalue weighted by Gasteiger charge is 2.37. The van der Waals surface area contributed by atoms with Crippen molar-refractivity contribution in [3.63, 3.8) is 0 Å². The zero-order chi connectivity index (χ0) is 35.8. The molecule has 0 N–H and O–H groups in total. The van der Waals surface area contributed by atoms with Gasteiger partial charge in [0.2, 0.25) is 0 Å². The van der Waals surface area contributed by atoms with Crippen LogP contribution in [-0.2, 0) is 20.0 Å². The van der Waals surface area contributed by atoms with Gasteiger partial charge in [0.1, 0.15) is 17.1 Å². The molecule has 1 amide bonds. The Morgan fingerprint density at radius 3 is 1.96 bits per heavy atom. The molecule has 0 atom stereocenters. The van der Waals surface area contributed by atoms with E-state index < -0.39 is 42.5 Å². The van der Waals surface area contributed by atoms with E-state index in [-0.39, 0.29) is 38.6 Å². The van der Waals surface area contributed by atoms with Gasteiger partial charge in [0.05, 0.1) is 21.0 Å². The maximum atomic E-state index is 14.4. The van der Waals surface area contributed by atoms with Gasteiger partial charge in [-0.1, -0.05) is 48.0 Å². The first kappa shape index (κ1) is 34.1. The molecule has 1 aromatic heterocycles. The normalized spacial score (nSPS) is 11.7. The van der Waals surface area contributed by atoms with Crippen molar-refractivity contribution in [3.8, 4) is 16.9 Å². The number of carbonyl (C=O) groups is 1. The Morgan fingerprint density at radius 1 is 0.700 bits per heavy atom. The molecule has 1 heterocycles. The molecule has 0 saturated carbocycles. The molecular formula is C37H29FN2O8S2. The van der Waals surface area contributed by atoms with E-state index >= 15 is 0 Å². The topological polar surface area (TPSA) is 131 Å². The summed E-state index contributed by atoms with van der Waals surface area (Å²) in [5.41, 5.74) is 1.88. The molecule has 254 valence electrons. The molecule has 0 bridgehead atoms. The highest BCUT2D eigenvalue weighted by atomic mass is 32.3. The average Bonchev–Trinajstić information content (AvgIpc) is 3.08. The van der Waals surface area contributed by atoms with Crippen molar-refractivity contribution in [2.45, 2.75) is 23.6 Å². The van der Waals surface area contributed by atoms with Crippen LogP contribution < -0.4 is 19.0 Å². The molecular weight excluding hydrogens is 684 g/mol. The van der Waals surface area contributed by atoms with Gasteiger partial charge in [-0.05, 0) is 97.8 Å². The van der Waals surface area contributed by atoms with E-state index in [1.165, 1.54) is 73.8 Å². The summed E-state index contributed by atoms with van der Waals surface area (Å²) in [5, 5.41) is 0.286. The Labute approximate surface area is 287 Å². The van der Waals surface area contributed by atoms with Crippen LogP contribution in [0.4, 0.5) is 20.6 Å². The smallest absolute Gasteiger partial charge is 0.419 e. The molecule has 0 aliphatic carbocycles. The predicted molar refractivity (Wildman–Crippen MR) is 188 cm³/mol. The Bertz CT molecular complexity index is 2530. The van der Waals surface area contributed by atoms with Crippen molar-refractivity contribution in [2.24, 2.45) is 0 Å². The molecule has 10 nitrogen and oxygen atoms in total. The summed E-state index contributed by atoms with van der Waals surface area (Å²) in [5.74, 6) is -0.626. The van der Waals surface area contributed by atoms with Gasteiger partial charge in [-0.3, -0.25) is 4.90 Å². The molecule has 13 heteroatoms. The summed E-state index contributed by atoms with van der Waals surface area (Å²) in [6.45, 7) is 3.59. The first-order chi connectivity index (χ1) is 23.8. The molecule has 6 rings (SSSR count). The van der Waals surface area contributed by atoms with E-state index in [0.717, 1.165) is 34.2 Å². The average molecular weight is 713 g/mol. The Morgan fingerprint density at radius 2 is 1.32 bits per heavy atom. The Hall–Kier alpha value is -5.79. The maximum absolute atomic E-state index is 14.4. The summed E-state index contributed by atoms with van der Waals surface area (Å²) in [4.78, 5) is 26.0. The molecule has 0 spiro atoms. The molecule has 6 aromatic rings. The van der Waals surface area contributed by atoms with Gasteiger partial charge in [0.25, 0.3) is 20.0 Å². The van der Waals surface area contributed by atoms with Crippen molar-refractivity contribution in [2.75, 3.05) is 15.7 Å². The fraction of sp³-hybridized carbons (Fsp3) is 0.0811. The fourth-order valence-electron chi connectivity index (χ4n) is 5.24. The van der Waals surface area contributed by atoms with Gasteiger partial charge in [-0.2, -0.15) is 3.71 Å². The standard InChI is InChI=1S/C37H29FN2O8S2/c1-24-11-16-31(17-12-24)49(43,44)40(29-15-20-35-26(21-29)22-34(36(41)48-35)33-10-5-4-7-25(33)2)50(45,46)32-18-13-28(14-19-32)39(3)37(42)47-30-9-6-8-27(38)23-30/h4-23H,1-3H3. The van der Waals surface area contributed by atoms with Gasteiger partial charge in [-0.15, -0.1) is 0 Å². The minimum absolute atomic E-state index is 0.0290. The lowest BCUT2D eigenvalue weighted by molar-refractivity contribution is 0.209. The molecule has 50 heavy (non-hydrogen) atoms. The lowest BCUT2D eigenvalue weighted by atomic mass is 10.0. The predicted octanol–water partition coefficient (Wildman–Crippen LogP) is 7.44. The minimum atomic E-state index is -4.86. The number of ether oxygens (including phenoxy) is 1. The number of hydrogen-bond donors (Lipinski definition) is 0. The maximum Gasteiger partial charge on any atom is 0.419 e. The monoisotopic (exact) mass is 712 g/mol. The SMILES string of the molecule is Cc1ccc(S(=O)(=O)N(c2ccc3oc(=O)c(-c4ccccc4C)cc3c2)S(=O)(=O)c2ccc(N(C)C(=O)Oc3cccc(F)c3)cc2)cc1. The Balaban J connectivity index is 1.43. The van der Waals surface area contributed by atoms with Crippen LogP contribution >= 0.6 is 0 Å². The number of carbonyl (C=O) groups excluding carboxylic acids is 1.